The molecule has 9 N–H and O–H groups in total. The van der Waals surface area contributed by atoms with E-state index >= 15 is 0 Å². The topological polar surface area (TPSA) is 227 Å². The van der Waals surface area contributed by atoms with Gasteiger partial charge in [-0.1, -0.05) is 37.1 Å². The highest BCUT2D eigenvalue weighted by atomic mass is 16.4. The van der Waals surface area contributed by atoms with Crippen molar-refractivity contribution in [2.24, 2.45) is 34.0 Å². The van der Waals surface area contributed by atoms with Crippen molar-refractivity contribution in [2.75, 3.05) is 19.6 Å². The fraction of sp³-hybridized carbons (Fsp3) is 0.636. The maximum Gasteiger partial charge on any atom is 0.326 e. The van der Waals surface area contributed by atoms with Crippen LogP contribution in [0.2, 0.25) is 0 Å². The van der Waals surface area contributed by atoms with Gasteiger partial charge < -0.3 is 42.7 Å². The van der Waals surface area contributed by atoms with Gasteiger partial charge in [-0.2, -0.15) is 0 Å². The number of hydrogen-bond donors (Lipinski definition) is 6. The van der Waals surface area contributed by atoms with Crippen molar-refractivity contribution in [2.45, 2.75) is 101 Å². The molecule has 0 unspecified atom stereocenters. The molecule has 4 amide bonds. The summed E-state index contributed by atoms with van der Waals surface area (Å²) in [6, 6.07) is 4.29. The fourth-order valence-electron chi connectivity index (χ4n) is 8.05. The molecule has 0 radical (unpaired) electrons. The molecule has 2 saturated heterocycles. The number of carbonyl (C=O) groups is 5. The maximum atomic E-state index is 14.1. The van der Waals surface area contributed by atoms with E-state index in [4.69, 9.17) is 17.2 Å². The van der Waals surface area contributed by atoms with Gasteiger partial charge in [0.25, 0.3) is 0 Å². The van der Waals surface area contributed by atoms with E-state index in [1.807, 2.05) is 24.3 Å². The van der Waals surface area contributed by atoms with Crippen molar-refractivity contribution in [1.29, 1.82) is 0 Å². The molecule has 2 aliphatic heterocycles. The number of nitrogens with zero attached hydrogens (tertiary/aromatic N) is 3. The number of nitrogens with two attached hydrogens (primary N) is 3. The lowest BCUT2D eigenvalue weighted by molar-refractivity contribution is -0.148. The number of hydrogen-bond acceptors (Lipinski definition) is 7. The Bertz CT molecular complexity index is 1360. The van der Waals surface area contributed by atoms with Crippen molar-refractivity contribution in [3.05, 3.63) is 35.4 Å². The first-order chi connectivity index (χ1) is 22.5. The molecule has 1 aromatic rings. The molecule has 2 aliphatic carbocycles. The Labute approximate surface area is 274 Å². The summed E-state index contributed by atoms with van der Waals surface area (Å²) in [5, 5.41) is 15.1. The van der Waals surface area contributed by atoms with E-state index in [1.165, 1.54) is 4.90 Å². The summed E-state index contributed by atoms with van der Waals surface area (Å²) in [6.07, 6.45) is 7.31. The summed E-state index contributed by atoms with van der Waals surface area (Å²) in [5.41, 5.74) is 19.3. The van der Waals surface area contributed by atoms with Crippen LogP contribution >= 0.6 is 0 Å². The summed E-state index contributed by atoms with van der Waals surface area (Å²) >= 11 is 0. The number of rotatable bonds is 12. The minimum Gasteiger partial charge on any atom is -0.480 e. The van der Waals surface area contributed by atoms with Gasteiger partial charge in [0.1, 0.15) is 18.1 Å². The first-order valence-electron chi connectivity index (χ1n) is 16.9. The SMILES string of the molecule is NC(N)=NCCC[C@@H](N)C(=O)N1[C@H](C(=O)N2CCC[C@H]2C(=O)NCC(=O)N[C@H](C(=O)O)C2Cc3ccccc3C2)C[C@@H]2CCCC[C@@H]21. The Morgan fingerprint density at radius 2 is 1.68 bits per heavy atom. The molecular weight excluding hydrogens is 604 g/mol. The summed E-state index contributed by atoms with van der Waals surface area (Å²) in [4.78, 5) is 73.3. The molecule has 47 heavy (non-hydrogen) atoms. The van der Waals surface area contributed by atoms with Crippen molar-refractivity contribution in [1.82, 2.24) is 20.4 Å². The van der Waals surface area contributed by atoms with Crippen LogP contribution in [0.15, 0.2) is 29.3 Å². The van der Waals surface area contributed by atoms with Crippen LogP contribution in [0.5, 0.6) is 0 Å². The molecular formula is C33H48N8O6. The summed E-state index contributed by atoms with van der Waals surface area (Å²) in [6.45, 7) is 0.310. The van der Waals surface area contributed by atoms with Gasteiger partial charge in [-0.3, -0.25) is 24.2 Å². The third kappa shape index (κ3) is 7.86. The van der Waals surface area contributed by atoms with E-state index in [-0.39, 0.29) is 35.7 Å². The molecule has 3 fully saturated rings. The van der Waals surface area contributed by atoms with E-state index < -0.39 is 48.5 Å². The highest BCUT2D eigenvalue weighted by molar-refractivity contribution is 5.95. The number of likely N-dealkylation sites (tertiary alicyclic amines) is 2. The Hall–Kier alpha value is -4.20. The number of aliphatic carboxylic acids is 1. The molecule has 4 aliphatic rings. The molecule has 0 bridgehead atoms. The first-order valence-corrected chi connectivity index (χ1v) is 16.9. The Kier molecular flexibility index (Phi) is 11.0. The minimum absolute atomic E-state index is 0.0233. The van der Waals surface area contributed by atoms with E-state index in [9.17, 15) is 29.1 Å². The van der Waals surface area contributed by atoms with Crippen LogP contribution in [0.3, 0.4) is 0 Å². The van der Waals surface area contributed by atoms with Gasteiger partial charge in [-0.15, -0.1) is 0 Å². The zero-order chi connectivity index (χ0) is 33.7. The van der Waals surface area contributed by atoms with Crippen LogP contribution in [-0.2, 0) is 36.8 Å². The van der Waals surface area contributed by atoms with Crippen LogP contribution in [0.25, 0.3) is 0 Å². The number of benzene rings is 1. The van der Waals surface area contributed by atoms with E-state index in [2.05, 4.69) is 15.6 Å². The van der Waals surface area contributed by atoms with E-state index in [1.54, 1.807) is 4.90 Å². The second kappa shape index (κ2) is 15.1. The molecule has 14 nitrogen and oxygen atoms in total. The third-order valence-electron chi connectivity index (χ3n) is 10.3. The normalized spacial score (nSPS) is 25.0. The lowest BCUT2D eigenvalue weighted by atomic mass is 9.84. The summed E-state index contributed by atoms with van der Waals surface area (Å²) in [5.74, 6) is -2.86. The number of amides is 4. The molecule has 5 rings (SSSR count). The largest absolute Gasteiger partial charge is 0.480 e. The number of carboxylic acids is 1. The number of fused-ring (bicyclic) bond motifs is 2. The number of guanidine groups is 1. The average molecular weight is 653 g/mol. The first kappa shape index (κ1) is 34.1. The smallest absolute Gasteiger partial charge is 0.326 e. The van der Waals surface area contributed by atoms with E-state index in [0.717, 1.165) is 36.8 Å². The summed E-state index contributed by atoms with van der Waals surface area (Å²) in [7, 11) is 0. The lowest BCUT2D eigenvalue weighted by Crippen LogP contribution is -2.57. The third-order valence-corrected chi connectivity index (χ3v) is 10.3. The molecule has 1 aromatic carbocycles. The Balaban J connectivity index is 1.19. The zero-order valence-corrected chi connectivity index (χ0v) is 26.8. The number of nitrogens with one attached hydrogen (secondary N) is 2. The van der Waals surface area contributed by atoms with Crippen molar-refractivity contribution >= 4 is 35.6 Å². The highest BCUT2D eigenvalue weighted by Gasteiger charge is 2.50. The van der Waals surface area contributed by atoms with Gasteiger partial charge in [0.05, 0.1) is 12.6 Å². The maximum absolute atomic E-state index is 14.1. The second-order valence-electron chi connectivity index (χ2n) is 13.4. The molecule has 256 valence electrons. The van der Waals surface area contributed by atoms with Gasteiger partial charge in [0, 0.05) is 19.1 Å². The van der Waals surface area contributed by atoms with Crippen LogP contribution in [0.1, 0.15) is 68.9 Å². The predicted molar refractivity (Wildman–Crippen MR) is 174 cm³/mol. The monoisotopic (exact) mass is 652 g/mol. The highest BCUT2D eigenvalue weighted by Crippen LogP contribution is 2.41. The Morgan fingerprint density at radius 3 is 2.36 bits per heavy atom. The van der Waals surface area contributed by atoms with Gasteiger partial charge in [-0.25, -0.2) is 4.79 Å². The lowest BCUT2D eigenvalue weighted by Gasteiger charge is -2.36. The van der Waals surface area contributed by atoms with Crippen LogP contribution in [0, 0.1) is 11.8 Å². The van der Waals surface area contributed by atoms with Gasteiger partial charge in [-0.05, 0) is 80.8 Å². The van der Waals surface area contributed by atoms with E-state index in [0.29, 0.717) is 58.0 Å². The van der Waals surface area contributed by atoms with Crippen molar-refractivity contribution < 1.29 is 29.1 Å². The molecule has 0 aromatic heterocycles. The number of aliphatic imine (C=N–C) groups is 1. The average Bonchev–Trinajstić information content (AvgIpc) is 3.80. The Morgan fingerprint density at radius 1 is 0.979 bits per heavy atom. The molecule has 6 atom stereocenters. The standard InChI is InChI=1S/C33H48N8O6/c34-23(10-5-13-37-33(35)36)30(44)41-24-11-4-3-9-21(24)17-26(41)31(45)40-14-6-12-25(40)29(43)38-18-27(42)39-28(32(46)47)22-15-19-7-1-2-8-20(19)16-22/h1-2,7-8,21-26,28H,3-6,9-18,34H2,(H,38,43)(H,39,42)(H,46,47)(H4,35,36,37)/t21-,23+,24-,25-,26-,28-/m0/s1. The molecule has 14 heteroatoms. The zero-order valence-electron chi connectivity index (χ0n) is 26.8. The molecule has 0 spiro atoms. The van der Waals surface area contributed by atoms with Gasteiger partial charge >= 0.3 is 5.97 Å². The quantitative estimate of drug-likeness (QED) is 0.0981. The van der Waals surface area contributed by atoms with Gasteiger partial charge in [0.15, 0.2) is 5.96 Å². The number of carboxylic acid groups (broad SMARTS) is 1. The van der Waals surface area contributed by atoms with Crippen LogP contribution in [-0.4, -0.2) is 100 Å². The van der Waals surface area contributed by atoms with Crippen molar-refractivity contribution in [3.8, 4) is 0 Å². The second-order valence-corrected chi connectivity index (χ2v) is 13.4. The van der Waals surface area contributed by atoms with Crippen molar-refractivity contribution in [3.63, 3.8) is 0 Å². The summed E-state index contributed by atoms with van der Waals surface area (Å²) < 4.78 is 0. The predicted octanol–water partition coefficient (Wildman–Crippen LogP) is -0.381. The van der Waals surface area contributed by atoms with Crippen LogP contribution in [0.4, 0.5) is 0 Å². The van der Waals surface area contributed by atoms with Crippen LogP contribution < -0.4 is 27.8 Å². The fourth-order valence-corrected chi connectivity index (χ4v) is 8.05. The minimum atomic E-state index is -1.13. The number of carbonyl (C=O) groups excluding carboxylic acids is 4. The molecule has 2 heterocycles. The van der Waals surface area contributed by atoms with Gasteiger partial charge in [0.2, 0.25) is 23.6 Å². The molecule has 1 saturated carbocycles.